The minimum absolute atomic E-state index is 0.00418. The van der Waals surface area contributed by atoms with Gasteiger partial charge in [-0.2, -0.15) is 23.4 Å². The van der Waals surface area contributed by atoms with Crippen LogP contribution in [-0.4, -0.2) is 40.1 Å². The van der Waals surface area contributed by atoms with Gasteiger partial charge in [-0.1, -0.05) is 12.1 Å². The first-order valence-corrected chi connectivity index (χ1v) is 8.30. The number of nitrogens with zero attached hydrogens (tertiary/aromatic N) is 3. The van der Waals surface area contributed by atoms with E-state index in [9.17, 15) is 18.0 Å². The normalized spacial score (nSPS) is 18.1. The third-order valence-electron chi connectivity index (χ3n) is 4.45. The van der Waals surface area contributed by atoms with E-state index in [1.54, 1.807) is 13.0 Å². The number of carbonyl (C=O) groups is 1. The predicted octanol–water partition coefficient (Wildman–Crippen LogP) is 2.81. The maximum Gasteiger partial charge on any atom is 0.416 e. The Bertz CT molecular complexity index is 777. The van der Waals surface area contributed by atoms with Crippen molar-refractivity contribution < 1.29 is 18.0 Å². The summed E-state index contributed by atoms with van der Waals surface area (Å²) in [6, 6.07) is 6.84. The number of aromatic nitrogens is 2. The van der Waals surface area contributed by atoms with Gasteiger partial charge < -0.3 is 5.32 Å². The number of benzene rings is 1. The minimum Gasteiger partial charge on any atom is -0.348 e. The number of aryl methyl sites for hydroxylation is 1. The summed E-state index contributed by atoms with van der Waals surface area (Å²) >= 11 is 0. The molecule has 0 aliphatic carbocycles. The zero-order valence-corrected chi connectivity index (χ0v) is 14.3. The van der Waals surface area contributed by atoms with E-state index < -0.39 is 11.7 Å². The molecule has 1 amide bonds. The van der Waals surface area contributed by atoms with Gasteiger partial charge in [0.25, 0.3) is 5.91 Å². The number of amides is 1. The molecule has 1 saturated heterocycles. The summed E-state index contributed by atoms with van der Waals surface area (Å²) in [5, 5.41) is 10.6. The molecule has 1 fully saturated rings. The van der Waals surface area contributed by atoms with Gasteiger partial charge in [0.15, 0.2) is 0 Å². The highest BCUT2D eigenvalue weighted by molar-refractivity contribution is 5.95. The van der Waals surface area contributed by atoms with E-state index in [4.69, 9.17) is 0 Å². The fraction of sp³-hybridized carbons (Fsp3) is 0.389. The first-order chi connectivity index (χ1) is 12.3. The average molecular weight is 364 g/mol. The van der Waals surface area contributed by atoms with Crippen LogP contribution in [0.3, 0.4) is 0 Å². The van der Waals surface area contributed by atoms with E-state index in [-0.39, 0.29) is 11.9 Å². The Hall–Kier alpha value is -2.48. The SMILES string of the molecule is Cc1nnccc1C(=O)NC1CCN(Cc2ccc(C(F)(F)F)cc2)C1. The van der Waals surface area contributed by atoms with Gasteiger partial charge in [0.2, 0.25) is 0 Å². The highest BCUT2D eigenvalue weighted by Gasteiger charge is 2.30. The van der Waals surface area contributed by atoms with Crippen molar-refractivity contribution in [3.05, 3.63) is 58.9 Å². The Morgan fingerprint density at radius 1 is 1.27 bits per heavy atom. The van der Waals surface area contributed by atoms with Crippen LogP contribution in [0.4, 0.5) is 13.2 Å². The largest absolute Gasteiger partial charge is 0.416 e. The Kier molecular flexibility index (Phi) is 5.22. The molecule has 1 unspecified atom stereocenters. The van der Waals surface area contributed by atoms with E-state index in [0.29, 0.717) is 24.3 Å². The summed E-state index contributed by atoms with van der Waals surface area (Å²) in [4.78, 5) is 14.4. The van der Waals surface area contributed by atoms with Gasteiger partial charge in [-0.3, -0.25) is 9.69 Å². The van der Waals surface area contributed by atoms with Crippen molar-refractivity contribution in [2.75, 3.05) is 13.1 Å². The lowest BCUT2D eigenvalue weighted by atomic mass is 10.1. The van der Waals surface area contributed by atoms with Crippen molar-refractivity contribution in [3.63, 3.8) is 0 Å². The molecule has 8 heteroatoms. The molecule has 3 rings (SSSR count). The molecule has 138 valence electrons. The van der Waals surface area contributed by atoms with Crippen LogP contribution in [0.15, 0.2) is 36.5 Å². The van der Waals surface area contributed by atoms with Crippen molar-refractivity contribution in [1.82, 2.24) is 20.4 Å². The third kappa shape index (κ3) is 4.37. The highest BCUT2D eigenvalue weighted by atomic mass is 19.4. The highest BCUT2D eigenvalue weighted by Crippen LogP contribution is 2.29. The van der Waals surface area contributed by atoms with E-state index in [1.807, 2.05) is 0 Å². The van der Waals surface area contributed by atoms with Crippen LogP contribution in [0.2, 0.25) is 0 Å². The molecule has 0 bridgehead atoms. The average Bonchev–Trinajstić information content (AvgIpc) is 3.01. The van der Waals surface area contributed by atoms with Crippen LogP contribution in [-0.2, 0) is 12.7 Å². The lowest BCUT2D eigenvalue weighted by molar-refractivity contribution is -0.137. The van der Waals surface area contributed by atoms with E-state index >= 15 is 0 Å². The second-order valence-corrected chi connectivity index (χ2v) is 6.42. The predicted molar refractivity (Wildman–Crippen MR) is 89.4 cm³/mol. The number of hydrogen-bond donors (Lipinski definition) is 1. The molecule has 26 heavy (non-hydrogen) atoms. The molecule has 1 atom stereocenters. The first kappa shape index (κ1) is 18.3. The second kappa shape index (κ2) is 7.41. The third-order valence-corrected chi connectivity index (χ3v) is 4.45. The van der Waals surface area contributed by atoms with Gasteiger partial charge in [-0.25, -0.2) is 0 Å². The zero-order chi connectivity index (χ0) is 18.7. The quantitative estimate of drug-likeness (QED) is 0.906. The van der Waals surface area contributed by atoms with Crippen molar-refractivity contribution in [2.45, 2.75) is 32.1 Å². The zero-order valence-electron chi connectivity index (χ0n) is 14.3. The van der Waals surface area contributed by atoms with Crippen molar-refractivity contribution >= 4 is 5.91 Å². The number of hydrogen-bond acceptors (Lipinski definition) is 4. The number of rotatable bonds is 4. The summed E-state index contributed by atoms with van der Waals surface area (Å²) < 4.78 is 37.8. The maximum absolute atomic E-state index is 12.6. The summed E-state index contributed by atoms with van der Waals surface area (Å²) in [5.41, 5.74) is 1.25. The monoisotopic (exact) mass is 364 g/mol. The number of nitrogens with one attached hydrogen (secondary N) is 1. The Labute approximate surface area is 149 Å². The van der Waals surface area contributed by atoms with Gasteiger partial charge in [0.1, 0.15) is 0 Å². The van der Waals surface area contributed by atoms with Crippen LogP contribution in [0.5, 0.6) is 0 Å². The molecule has 2 heterocycles. The lowest BCUT2D eigenvalue weighted by Gasteiger charge is -2.17. The molecule has 1 aromatic carbocycles. The molecule has 2 aromatic rings. The molecule has 1 aromatic heterocycles. The Morgan fingerprint density at radius 2 is 2.00 bits per heavy atom. The van der Waals surface area contributed by atoms with E-state index in [1.165, 1.54) is 18.3 Å². The van der Waals surface area contributed by atoms with Crippen LogP contribution in [0.25, 0.3) is 0 Å². The summed E-state index contributed by atoms with van der Waals surface area (Å²) in [7, 11) is 0. The van der Waals surface area contributed by atoms with Crippen LogP contribution < -0.4 is 5.32 Å². The van der Waals surface area contributed by atoms with Gasteiger partial charge in [-0.15, -0.1) is 0 Å². The number of likely N-dealkylation sites (tertiary alicyclic amines) is 1. The maximum atomic E-state index is 12.6. The minimum atomic E-state index is -4.32. The van der Waals surface area contributed by atoms with Gasteiger partial charge in [0.05, 0.1) is 23.0 Å². The van der Waals surface area contributed by atoms with Crippen LogP contribution >= 0.6 is 0 Å². The fourth-order valence-corrected chi connectivity index (χ4v) is 3.06. The summed E-state index contributed by atoms with van der Waals surface area (Å²) in [6.07, 6.45) is -2.04. The standard InChI is InChI=1S/C18H19F3N4O/c1-12-16(6-8-22-24-12)17(26)23-15-7-9-25(11-15)10-13-2-4-14(5-3-13)18(19,20)21/h2-6,8,15H,7,9-11H2,1H3,(H,23,26). The molecule has 0 spiro atoms. The molecular weight excluding hydrogens is 345 g/mol. The topological polar surface area (TPSA) is 58.1 Å². The number of halogens is 3. The fourth-order valence-electron chi connectivity index (χ4n) is 3.06. The van der Waals surface area contributed by atoms with Crippen molar-refractivity contribution in [2.24, 2.45) is 0 Å². The molecule has 5 nitrogen and oxygen atoms in total. The van der Waals surface area contributed by atoms with Gasteiger partial charge in [-0.05, 0) is 37.1 Å². The molecule has 1 aliphatic heterocycles. The summed E-state index contributed by atoms with van der Waals surface area (Å²) in [6.45, 7) is 3.72. The molecule has 0 radical (unpaired) electrons. The van der Waals surface area contributed by atoms with Crippen LogP contribution in [0, 0.1) is 6.92 Å². The molecule has 1 aliphatic rings. The van der Waals surface area contributed by atoms with Gasteiger partial charge >= 0.3 is 6.18 Å². The second-order valence-electron chi connectivity index (χ2n) is 6.42. The molecular formula is C18H19F3N4O. The molecule has 1 N–H and O–H groups in total. The van der Waals surface area contributed by atoms with Gasteiger partial charge in [0, 0.05) is 25.7 Å². The van der Waals surface area contributed by atoms with Crippen molar-refractivity contribution in [3.8, 4) is 0 Å². The lowest BCUT2D eigenvalue weighted by Crippen LogP contribution is -2.37. The molecule has 0 saturated carbocycles. The number of alkyl halides is 3. The van der Waals surface area contributed by atoms with Crippen LogP contribution in [0.1, 0.15) is 33.6 Å². The smallest absolute Gasteiger partial charge is 0.348 e. The Balaban J connectivity index is 1.54. The Morgan fingerprint density at radius 3 is 2.65 bits per heavy atom. The number of carbonyl (C=O) groups excluding carboxylic acids is 1. The summed E-state index contributed by atoms with van der Waals surface area (Å²) in [5.74, 6) is -0.182. The van der Waals surface area contributed by atoms with E-state index in [2.05, 4.69) is 20.4 Å². The van der Waals surface area contributed by atoms with Crippen molar-refractivity contribution in [1.29, 1.82) is 0 Å². The van der Waals surface area contributed by atoms with E-state index in [0.717, 1.165) is 30.7 Å². The first-order valence-electron chi connectivity index (χ1n) is 8.30.